The number of hydrogen-bond donors (Lipinski definition) is 2. The molecule has 0 heterocycles. The number of carbonyl (C=O) groups is 1. The highest BCUT2D eigenvalue weighted by molar-refractivity contribution is 5.76. The standard InChI is InChI=1S/C15H22N2O/c1-11-5-7-12(8-6-11)10-17-15(18)9-13-3-2-4-14(13)16/h5-8,13-14H,2-4,9-10,16H2,1H3,(H,17,18)/t13-,14+/m0/s1. The van der Waals surface area contributed by atoms with Crippen molar-refractivity contribution in [2.75, 3.05) is 0 Å². The summed E-state index contributed by atoms with van der Waals surface area (Å²) in [7, 11) is 0. The van der Waals surface area contributed by atoms with Gasteiger partial charge in [-0.2, -0.15) is 0 Å². The smallest absolute Gasteiger partial charge is 0.220 e. The molecule has 0 spiro atoms. The van der Waals surface area contributed by atoms with E-state index in [0.29, 0.717) is 18.9 Å². The van der Waals surface area contributed by atoms with Gasteiger partial charge in [0.25, 0.3) is 0 Å². The van der Waals surface area contributed by atoms with Gasteiger partial charge in [0.15, 0.2) is 0 Å². The lowest BCUT2D eigenvalue weighted by molar-refractivity contribution is -0.122. The molecule has 1 aromatic carbocycles. The number of rotatable bonds is 4. The minimum absolute atomic E-state index is 0.123. The number of aryl methyl sites for hydroxylation is 1. The normalized spacial score (nSPS) is 23.0. The van der Waals surface area contributed by atoms with E-state index in [1.807, 2.05) is 0 Å². The first-order valence-electron chi connectivity index (χ1n) is 6.73. The van der Waals surface area contributed by atoms with E-state index in [-0.39, 0.29) is 11.9 Å². The molecule has 0 unspecified atom stereocenters. The predicted molar refractivity (Wildman–Crippen MR) is 73.0 cm³/mol. The van der Waals surface area contributed by atoms with E-state index in [9.17, 15) is 4.79 Å². The zero-order valence-electron chi connectivity index (χ0n) is 11.0. The van der Waals surface area contributed by atoms with Gasteiger partial charge in [-0.3, -0.25) is 4.79 Å². The maximum atomic E-state index is 11.8. The summed E-state index contributed by atoms with van der Waals surface area (Å²) in [6.07, 6.45) is 3.90. The second-order valence-electron chi connectivity index (χ2n) is 5.32. The molecule has 0 bridgehead atoms. The van der Waals surface area contributed by atoms with Crippen molar-refractivity contribution in [2.24, 2.45) is 11.7 Å². The molecular weight excluding hydrogens is 224 g/mol. The molecule has 1 amide bonds. The number of carbonyl (C=O) groups excluding carboxylic acids is 1. The first kappa shape index (κ1) is 13.1. The Labute approximate surface area is 109 Å². The Balaban J connectivity index is 1.76. The van der Waals surface area contributed by atoms with Crippen molar-refractivity contribution < 1.29 is 4.79 Å². The molecule has 3 nitrogen and oxygen atoms in total. The highest BCUT2D eigenvalue weighted by Crippen LogP contribution is 2.26. The summed E-state index contributed by atoms with van der Waals surface area (Å²) >= 11 is 0. The van der Waals surface area contributed by atoms with Crippen LogP contribution in [0.15, 0.2) is 24.3 Å². The van der Waals surface area contributed by atoms with Crippen LogP contribution in [0.25, 0.3) is 0 Å². The fraction of sp³-hybridized carbons (Fsp3) is 0.533. The van der Waals surface area contributed by atoms with Gasteiger partial charge in [0.2, 0.25) is 5.91 Å². The van der Waals surface area contributed by atoms with Crippen molar-refractivity contribution in [3.05, 3.63) is 35.4 Å². The van der Waals surface area contributed by atoms with Crippen molar-refractivity contribution >= 4 is 5.91 Å². The van der Waals surface area contributed by atoms with Crippen molar-refractivity contribution in [2.45, 2.75) is 45.2 Å². The Hall–Kier alpha value is -1.35. The van der Waals surface area contributed by atoms with Crippen molar-refractivity contribution in [3.8, 4) is 0 Å². The third kappa shape index (κ3) is 3.57. The van der Waals surface area contributed by atoms with Crippen LogP contribution < -0.4 is 11.1 Å². The molecule has 2 atom stereocenters. The highest BCUT2D eigenvalue weighted by atomic mass is 16.1. The van der Waals surface area contributed by atoms with Gasteiger partial charge in [-0.25, -0.2) is 0 Å². The zero-order chi connectivity index (χ0) is 13.0. The maximum absolute atomic E-state index is 11.8. The van der Waals surface area contributed by atoms with E-state index >= 15 is 0 Å². The van der Waals surface area contributed by atoms with Gasteiger partial charge in [-0.15, -0.1) is 0 Å². The van der Waals surface area contributed by atoms with Gasteiger partial charge >= 0.3 is 0 Å². The third-order valence-corrected chi connectivity index (χ3v) is 3.78. The average Bonchev–Trinajstić information content (AvgIpc) is 2.74. The Kier molecular flexibility index (Phi) is 4.37. The second-order valence-corrected chi connectivity index (χ2v) is 5.32. The minimum Gasteiger partial charge on any atom is -0.352 e. The summed E-state index contributed by atoms with van der Waals surface area (Å²) in [6, 6.07) is 8.45. The van der Waals surface area contributed by atoms with Gasteiger partial charge in [-0.05, 0) is 31.2 Å². The van der Waals surface area contributed by atoms with E-state index in [0.717, 1.165) is 24.8 Å². The fourth-order valence-electron chi connectivity index (χ4n) is 2.54. The summed E-state index contributed by atoms with van der Waals surface area (Å²) in [6.45, 7) is 2.67. The highest BCUT2D eigenvalue weighted by Gasteiger charge is 2.25. The van der Waals surface area contributed by atoms with Crippen LogP contribution in [0.4, 0.5) is 0 Å². The molecule has 0 saturated heterocycles. The average molecular weight is 246 g/mol. The van der Waals surface area contributed by atoms with Crippen molar-refractivity contribution in [1.29, 1.82) is 0 Å². The topological polar surface area (TPSA) is 55.1 Å². The quantitative estimate of drug-likeness (QED) is 0.855. The van der Waals surface area contributed by atoms with Gasteiger partial charge in [0.05, 0.1) is 0 Å². The molecule has 3 heteroatoms. The van der Waals surface area contributed by atoms with Gasteiger partial charge in [0.1, 0.15) is 0 Å². The van der Waals surface area contributed by atoms with Crippen LogP contribution in [0.2, 0.25) is 0 Å². The first-order chi connectivity index (χ1) is 8.65. The second kappa shape index (κ2) is 6.01. The number of amides is 1. The molecule has 18 heavy (non-hydrogen) atoms. The zero-order valence-corrected chi connectivity index (χ0v) is 11.0. The summed E-state index contributed by atoms with van der Waals surface area (Å²) in [5, 5.41) is 2.97. The van der Waals surface area contributed by atoms with Gasteiger partial charge in [-0.1, -0.05) is 36.2 Å². The third-order valence-electron chi connectivity index (χ3n) is 3.78. The van der Waals surface area contributed by atoms with E-state index in [1.54, 1.807) is 0 Å². The summed E-state index contributed by atoms with van der Waals surface area (Å²) in [5.41, 5.74) is 8.35. The molecule has 3 N–H and O–H groups in total. The Bertz CT molecular complexity index is 399. The molecule has 98 valence electrons. The molecule has 0 radical (unpaired) electrons. The first-order valence-corrected chi connectivity index (χ1v) is 6.73. The van der Waals surface area contributed by atoms with Crippen LogP contribution in [0, 0.1) is 12.8 Å². The lowest BCUT2D eigenvalue weighted by Gasteiger charge is -2.14. The summed E-state index contributed by atoms with van der Waals surface area (Å²) in [4.78, 5) is 11.8. The monoisotopic (exact) mass is 246 g/mol. The Morgan fingerprint density at radius 3 is 2.67 bits per heavy atom. The summed E-state index contributed by atoms with van der Waals surface area (Å²) < 4.78 is 0. The molecular formula is C15H22N2O. The van der Waals surface area contributed by atoms with Gasteiger partial charge in [0, 0.05) is 19.0 Å². The molecule has 0 aromatic heterocycles. The van der Waals surface area contributed by atoms with Crippen LogP contribution in [0.3, 0.4) is 0 Å². The molecule has 1 aliphatic carbocycles. The maximum Gasteiger partial charge on any atom is 0.220 e. The molecule has 1 aromatic rings. The summed E-state index contributed by atoms with van der Waals surface area (Å²) in [5.74, 6) is 0.501. The number of hydrogen-bond acceptors (Lipinski definition) is 2. The Morgan fingerprint density at radius 1 is 1.33 bits per heavy atom. The molecule has 1 aliphatic rings. The predicted octanol–water partition coefficient (Wildman–Crippen LogP) is 2.13. The van der Waals surface area contributed by atoms with Crippen LogP contribution in [0.1, 0.15) is 36.8 Å². The van der Waals surface area contributed by atoms with Gasteiger partial charge < -0.3 is 11.1 Å². The molecule has 0 aliphatic heterocycles. The lowest BCUT2D eigenvalue weighted by Crippen LogP contribution is -2.31. The Morgan fingerprint density at radius 2 is 2.06 bits per heavy atom. The number of nitrogens with one attached hydrogen (secondary N) is 1. The van der Waals surface area contributed by atoms with E-state index in [1.165, 1.54) is 5.56 Å². The van der Waals surface area contributed by atoms with E-state index in [4.69, 9.17) is 5.73 Å². The SMILES string of the molecule is Cc1ccc(CNC(=O)C[C@@H]2CCC[C@H]2N)cc1. The molecule has 1 fully saturated rings. The van der Waals surface area contributed by atoms with Crippen molar-refractivity contribution in [1.82, 2.24) is 5.32 Å². The van der Waals surface area contributed by atoms with E-state index in [2.05, 4.69) is 36.5 Å². The van der Waals surface area contributed by atoms with Crippen LogP contribution in [-0.4, -0.2) is 11.9 Å². The number of nitrogens with two attached hydrogens (primary N) is 1. The number of benzene rings is 1. The molecule has 1 saturated carbocycles. The largest absolute Gasteiger partial charge is 0.352 e. The van der Waals surface area contributed by atoms with Crippen LogP contribution in [-0.2, 0) is 11.3 Å². The fourth-order valence-corrected chi connectivity index (χ4v) is 2.54. The molecule has 2 rings (SSSR count). The van der Waals surface area contributed by atoms with Crippen LogP contribution >= 0.6 is 0 Å². The van der Waals surface area contributed by atoms with E-state index < -0.39 is 0 Å². The van der Waals surface area contributed by atoms with Crippen molar-refractivity contribution in [3.63, 3.8) is 0 Å². The van der Waals surface area contributed by atoms with Crippen LogP contribution in [0.5, 0.6) is 0 Å². The minimum atomic E-state index is 0.123. The lowest BCUT2D eigenvalue weighted by atomic mass is 10.00.